The van der Waals surface area contributed by atoms with Crippen LogP contribution in [0.25, 0.3) is 10.9 Å². The highest BCUT2D eigenvalue weighted by Crippen LogP contribution is 2.40. The van der Waals surface area contributed by atoms with Gasteiger partial charge in [-0.25, -0.2) is 9.37 Å². The van der Waals surface area contributed by atoms with E-state index in [9.17, 15) is 17.6 Å². The lowest BCUT2D eigenvalue weighted by Crippen LogP contribution is -2.14. The summed E-state index contributed by atoms with van der Waals surface area (Å²) in [6.45, 7) is 3.50. The van der Waals surface area contributed by atoms with Gasteiger partial charge in [0.15, 0.2) is 0 Å². The van der Waals surface area contributed by atoms with Crippen molar-refractivity contribution in [1.82, 2.24) is 4.98 Å². The molecule has 1 aromatic heterocycles. The third kappa shape index (κ3) is 2.46. The molecule has 0 saturated heterocycles. The number of benzene rings is 1. The highest BCUT2D eigenvalue weighted by atomic mass is 79.9. The zero-order valence-electron chi connectivity index (χ0n) is 10.7. The quantitative estimate of drug-likeness (QED) is 0.779. The van der Waals surface area contributed by atoms with Gasteiger partial charge in [-0.15, -0.1) is 0 Å². The zero-order chi connectivity index (χ0) is 15.1. The Balaban J connectivity index is 2.95. The van der Waals surface area contributed by atoms with Gasteiger partial charge in [-0.1, -0.05) is 15.9 Å². The molecule has 0 saturated carbocycles. The molecule has 2 rings (SSSR count). The molecule has 0 spiro atoms. The van der Waals surface area contributed by atoms with Crippen LogP contribution in [0.4, 0.5) is 23.2 Å². The van der Waals surface area contributed by atoms with Crippen molar-refractivity contribution in [3.05, 3.63) is 33.7 Å². The molecule has 1 N–H and O–H groups in total. The number of pyridine rings is 1. The molecular formula is C13H11BrF4N2. The average molecular weight is 351 g/mol. The second kappa shape index (κ2) is 5.20. The highest BCUT2D eigenvalue weighted by molar-refractivity contribution is 9.10. The Morgan fingerprint density at radius 3 is 2.50 bits per heavy atom. The molecule has 2 nitrogen and oxygen atoms in total. The van der Waals surface area contributed by atoms with Gasteiger partial charge < -0.3 is 5.32 Å². The van der Waals surface area contributed by atoms with Crippen LogP contribution in [-0.2, 0) is 6.18 Å². The van der Waals surface area contributed by atoms with E-state index >= 15 is 0 Å². The largest absolute Gasteiger partial charge is 0.433 e. The summed E-state index contributed by atoms with van der Waals surface area (Å²) >= 11 is 3.23. The summed E-state index contributed by atoms with van der Waals surface area (Å²) in [6, 6.07) is 2.54. The number of aromatic nitrogens is 1. The molecule has 0 aliphatic heterocycles. The molecule has 0 aliphatic carbocycles. The van der Waals surface area contributed by atoms with Crippen LogP contribution in [0.2, 0.25) is 0 Å². The number of nitrogens with one attached hydrogen (secondary N) is 1. The minimum atomic E-state index is -4.63. The lowest BCUT2D eigenvalue weighted by Gasteiger charge is -2.18. The summed E-state index contributed by atoms with van der Waals surface area (Å²) in [5.41, 5.74) is -1.17. The first-order chi connectivity index (χ1) is 9.27. The van der Waals surface area contributed by atoms with E-state index in [1.165, 1.54) is 13.0 Å². The van der Waals surface area contributed by atoms with Gasteiger partial charge in [0.25, 0.3) is 0 Å². The molecule has 0 aliphatic rings. The fraction of sp³-hybridized carbons (Fsp3) is 0.308. The van der Waals surface area contributed by atoms with Crippen molar-refractivity contribution in [2.75, 3.05) is 11.9 Å². The maximum Gasteiger partial charge on any atom is 0.433 e. The molecule has 0 fully saturated rings. The summed E-state index contributed by atoms with van der Waals surface area (Å²) in [7, 11) is 0. The van der Waals surface area contributed by atoms with Gasteiger partial charge in [-0.2, -0.15) is 13.2 Å². The topological polar surface area (TPSA) is 24.9 Å². The molecule has 0 radical (unpaired) electrons. The first-order valence-corrected chi connectivity index (χ1v) is 6.66. The third-order valence-corrected chi connectivity index (χ3v) is 3.56. The number of fused-ring (bicyclic) bond motifs is 1. The summed E-state index contributed by atoms with van der Waals surface area (Å²) in [6.07, 6.45) is -4.63. The lowest BCUT2D eigenvalue weighted by atomic mass is 10.1. The smallest absolute Gasteiger partial charge is 0.384 e. The monoisotopic (exact) mass is 350 g/mol. The number of nitrogens with zero attached hydrogens (tertiary/aromatic N) is 1. The normalized spacial score (nSPS) is 11.9. The molecule has 1 heterocycles. The van der Waals surface area contributed by atoms with Crippen LogP contribution in [0.3, 0.4) is 0 Å². The Hall–Kier alpha value is -1.37. The van der Waals surface area contributed by atoms with Gasteiger partial charge in [-0.05, 0) is 26.0 Å². The first kappa shape index (κ1) is 15.0. The van der Waals surface area contributed by atoms with Crippen LogP contribution >= 0.6 is 15.9 Å². The molecule has 7 heteroatoms. The van der Waals surface area contributed by atoms with Gasteiger partial charge in [-0.3, -0.25) is 0 Å². The Bertz CT molecular complexity index is 668. The van der Waals surface area contributed by atoms with Crippen molar-refractivity contribution in [2.24, 2.45) is 0 Å². The van der Waals surface area contributed by atoms with E-state index in [1.54, 1.807) is 6.92 Å². The second-order valence-electron chi connectivity index (χ2n) is 4.24. The Kier molecular flexibility index (Phi) is 3.90. The minimum Gasteiger partial charge on any atom is -0.384 e. The summed E-state index contributed by atoms with van der Waals surface area (Å²) in [5.74, 6) is -0.784. The van der Waals surface area contributed by atoms with Crippen molar-refractivity contribution in [1.29, 1.82) is 0 Å². The van der Waals surface area contributed by atoms with Crippen molar-refractivity contribution >= 4 is 32.5 Å². The molecule has 108 valence electrons. The van der Waals surface area contributed by atoms with Crippen molar-refractivity contribution in [3.8, 4) is 0 Å². The van der Waals surface area contributed by atoms with Crippen molar-refractivity contribution in [2.45, 2.75) is 20.0 Å². The SMILES string of the molecule is CCNc1c(C)c(C(F)(F)F)nc2c(F)ccc(Br)c12. The van der Waals surface area contributed by atoms with Crippen molar-refractivity contribution in [3.63, 3.8) is 0 Å². The fourth-order valence-electron chi connectivity index (χ4n) is 2.06. The molecule has 20 heavy (non-hydrogen) atoms. The van der Waals surface area contributed by atoms with Crippen LogP contribution < -0.4 is 5.32 Å². The predicted octanol–water partition coefficient (Wildman–Crippen LogP) is 4.90. The number of alkyl halides is 3. The fourth-order valence-corrected chi connectivity index (χ4v) is 2.58. The first-order valence-electron chi connectivity index (χ1n) is 5.86. The Morgan fingerprint density at radius 2 is 1.95 bits per heavy atom. The van der Waals surface area contributed by atoms with E-state index in [0.29, 0.717) is 16.4 Å². The van der Waals surface area contributed by atoms with E-state index in [4.69, 9.17) is 0 Å². The molecule has 0 bridgehead atoms. The second-order valence-corrected chi connectivity index (χ2v) is 5.10. The highest BCUT2D eigenvalue weighted by Gasteiger charge is 2.36. The standard InChI is InChI=1S/C13H11BrF4N2/c1-3-19-10-6(2)12(13(16,17)18)20-11-8(15)5-4-7(14)9(10)11/h4-5H,3H2,1-2H3,(H,19,20). The number of hydrogen-bond acceptors (Lipinski definition) is 2. The lowest BCUT2D eigenvalue weighted by molar-refractivity contribution is -0.141. The summed E-state index contributed by atoms with van der Waals surface area (Å²) in [4.78, 5) is 3.48. The van der Waals surface area contributed by atoms with Gasteiger partial charge >= 0.3 is 6.18 Å². The average Bonchev–Trinajstić information content (AvgIpc) is 2.35. The van der Waals surface area contributed by atoms with E-state index in [2.05, 4.69) is 26.2 Å². The van der Waals surface area contributed by atoms with Gasteiger partial charge in [0.2, 0.25) is 0 Å². The van der Waals surface area contributed by atoms with E-state index in [-0.39, 0.29) is 16.8 Å². The van der Waals surface area contributed by atoms with Crippen LogP contribution in [0.5, 0.6) is 0 Å². The summed E-state index contributed by atoms with van der Waals surface area (Å²) < 4.78 is 53.3. The van der Waals surface area contributed by atoms with E-state index < -0.39 is 17.7 Å². The molecule has 0 unspecified atom stereocenters. The molecule has 0 amide bonds. The molecule has 0 atom stereocenters. The van der Waals surface area contributed by atoms with E-state index in [1.807, 2.05) is 0 Å². The van der Waals surface area contributed by atoms with Gasteiger partial charge in [0.05, 0.1) is 0 Å². The van der Waals surface area contributed by atoms with E-state index in [0.717, 1.165) is 6.07 Å². The van der Waals surface area contributed by atoms with Crippen LogP contribution in [0.15, 0.2) is 16.6 Å². The zero-order valence-corrected chi connectivity index (χ0v) is 12.3. The predicted molar refractivity (Wildman–Crippen MR) is 73.3 cm³/mol. The van der Waals surface area contributed by atoms with Gasteiger partial charge in [0, 0.05) is 27.7 Å². The number of rotatable bonds is 2. The number of halogens is 5. The molecule has 2 aromatic rings. The molecule has 1 aromatic carbocycles. The molecular weight excluding hydrogens is 340 g/mol. The van der Waals surface area contributed by atoms with Gasteiger partial charge in [0.1, 0.15) is 17.0 Å². The summed E-state index contributed by atoms with van der Waals surface area (Å²) in [5, 5.41) is 3.18. The maximum atomic E-state index is 13.8. The Labute approximate surface area is 121 Å². The maximum absolute atomic E-state index is 13.8. The Morgan fingerprint density at radius 1 is 1.30 bits per heavy atom. The minimum absolute atomic E-state index is 0.0434. The van der Waals surface area contributed by atoms with Crippen LogP contribution in [-0.4, -0.2) is 11.5 Å². The van der Waals surface area contributed by atoms with Crippen LogP contribution in [0.1, 0.15) is 18.2 Å². The van der Waals surface area contributed by atoms with Crippen molar-refractivity contribution < 1.29 is 17.6 Å². The number of hydrogen-bond donors (Lipinski definition) is 1. The number of anilines is 1. The third-order valence-electron chi connectivity index (χ3n) is 2.90. The van der Waals surface area contributed by atoms with Crippen LogP contribution in [0, 0.1) is 12.7 Å².